The molecule has 1 aliphatic heterocycles. The largest absolute Gasteiger partial charge is 0.488 e. The van der Waals surface area contributed by atoms with Gasteiger partial charge in [0.2, 0.25) is 10.0 Å². The quantitative estimate of drug-likeness (QED) is 0.367. The average Bonchev–Trinajstić information content (AvgIpc) is 2.86. The molecule has 2 heterocycles. The normalized spacial score (nSPS) is 22.2. The number of piperidine rings is 1. The SMILES string of the molecule is CCCCc1cc(OC2CCN(CCCCC3CCC(NS(C)(=O)=O)CC3)CC2)c2ncccc2c1. The molecule has 1 N–H and O–H groups in total. The van der Waals surface area contributed by atoms with Crippen molar-refractivity contribution < 1.29 is 13.2 Å². The highest BCUT2D eigenvalue weighted by Crippen LogP contribution is 2.30. The van der Waals surface area contributed by atoms with E-state index in [-0.39, 0.29) is 12.1 Å². The minimum Gasteiger partial charge on any atom is -0.488 e. The van der Waals surface area contributed by atoms with Crippen LogP contribution in [0.1, 0.15) is 83.1 Å². The van der Waals surface area contributed by atoms with Crippen LogP contribution in [0.3, 0.4) is 0 Å². The zero-order chi connectivity index (χ0) is 25.4. The minimum atomic E-state index is -3.08. The molecule has 0 spiro atoms. The first-order chi connectivity index (χ1) is 17.4. The predicted molar refractivity (Wildman–Crippen MR) is 148 cm³/mol. The first-order valence-electron chi connectivity index (χ1n) is 14.1. The number of ether oxygens (including phenoxy) is 1. The molecule has 0 atom stereocenters. The Morgan fingerprint density at radius 3 is 2.56 bits per heavy atom. The van der Waals surface area contributed by atoms with E-state index < -0.39 is 10.0 Å². The van der Waals surface area contributed by atoms with E-state index in [2.05, 4.69) is 39.7 Å². The third kappa shape index (κ3) is 8.42. The smallest absolute Gasteiger partial charge is 0.208 e. The molecular formula is C29H45N3O3S. The third-order valence-electron chi connectivity index (χ3n) is 7.94. The van der Waals surface area contributed by atoms with Crippen LogP contribution in [0.25, 0.3) is 10.9 Å². The van der Waals surface area contributed by atoms with Crippen LogP contribution in [0, 0.1) is 5.92 Å². The summed E-state index contributed by atoms with van der Waals surface area (Å²) >= 11 is 0. The summed E-state index contributed by atoms with van der Waals surface area (Å²) in [4.78, 5) is 7.22. The summed E-state index contributed by atoms with van der Waals surface area (Å²) < 4.78 is 32.2. The second-order valence-electron chi connectivity index (χ2n) is 11.0. The topological polar surface area (TPSA) is 71.5 Å². The van der Waals surface area contributed by atoms with Crippen LogP contribution in [-0.2, 0) is 16.4 Å². The van der Waals surface area contributed by atoms with Gasteiger partial charge in [-0.3, -0.25) is 4.98 Å². The van der Waals surface area contributed by atoms with Crippen molar-refractivity contribution in [3.05, 3.63) is 36.0 Å². The highest BCUT2D eigenvalue weighted by molar-refractivity contribution is 7.88. The van der Waals surface area contributed by atoms with Crippen molar-refractivity contribution in [1.82, 2.24) is 14.6 Å². The van der Waals surface area contributed by atoms with E-state index in [9.17, 15) is 8.42 Å². The lowest BCUT2D eigenvalue weighted by atomic mass is 9.83. The molecule has 1 aromatic carbocycles. The molecule has 1 saturated carbocycles. The maximum atomic E-state index is 11.4. The van der Waals surface area contributed by atoms with Crippen LogP contribution >= 0.6 is 0 Å². The van der Waals surface area contributed by atoms with Crippen LogP contribution in [0.4, 0.5) is 0 Å². The van der Waals surface area contributed by atoms with E-state index in [4.69, 9.17) is 4.74 Å². The fourth-order valence-corrected chi connectivity index (χ4v) is 6.74. The maximum absolute atomic E-state index is 11.4. The number of sulfonamides is 1. The van der Waals surface area contributed by atoms with E-state index in [0.717, 1.165) is 75.2 Å². The molecule has 1 aromatic heterocycles. The third-order valence-corrected chi connectivity index (χ3v) is 8.70. The second kappa shape index (κ2) is 13.2. The summed E-state index contributed by atoms with van der Waals surface area (Å²) in [6, 6.07) is 8.79. The summed E-state index contributed by atoms with van der Waals surface area (Å²) in [5.74, 6) is 1.72. The Kier molecular flexibility index (Phi) is 10.0. The Bertz CT molecular complexity index is 1060. The number of fused-ring (bicyclic) bond motifs is 1. The van der Waals surface area contributed by atoms with E-state index in [1.54, 1.807) is 0 Å². The monoisotopic (exact) mass is 515 g/mol. The molecule has 2 aliphatic rings. The number of nitrogens with one attached hydrogen (secondary N) is 1. The highest BCUT2D eigenvalue weighted by atomic mass is 32.2. The van der Waals surface area contributed by atoms with Gasteiger partial charge in [-0.25, -0.2) is 13.1 Å². The number of hydrogen-bond donors (Lipinski definition) is 1. The zero-order valence-electron chi connectivity index (χ0n) is 22.3. The fourth-order valence-electron chi connectivity index (χ4n) is 5.90. The van der Waals surface area contributed by atoms with Crippen LogP contribution in [0.15, 0.2) is 30.5 Å². The molecule has 0 radical (unpaired) electrons. The van der Waals surface area contributed by atoms with Gasteiger partial charge in [-0.2, -0.15) is 0 Å². The van der Waals surface area contributed by atoms with Crippen LogP contribution in [0.5, 0.6) is 5.75 Å². The molecule has 4 rings (SSSR count). The lowest BCUT2D eigenvalue weighted by Crippen LogP contribution is -2.38. The molecule has 36 heavy (non-hydrogen) atoms. The summed E-state index contributed by atoms with van der Waals surface area (Å²) in [6.07, 6.45) is 17.1. The minimum absolute atomic E-state index is 0.146. The fraction of sp³-hybridized carbons (Fsp3) is 0.690. The lowest BCUT2D eigenvalue weighted by molar-refractivity contribution is 0.100. The van der Waals surface area contributed by atoms with Crippen molar-refractivity contribution >= 4 is 20.9 Å². The molecule has 2 fully saturated rings. The molecule has 0 bridgehead atoms. The van der Waals surface area contributed by atoms with Gasteiger partial charge in [0.15, 0.2) is 0 Å². The Hall–Kier alpha value is -1.70. The number of rotatable bonds is 12. The number of pyridine rings is 1. The van der Waals surface area contributed by atoms with Gasteiger partial charge >= 0.3 is 0 Å². The number of nitrogens with zero attached hydrogens (tertiary/aromatic N) is 2. The van der Waals surface area contributed by atoms with Crippen molar-refractivity contribution in [3.8, 4) is 5.75 Å². The number of hydrogen-bond acceptors (Lipinski definition) is 5. The number of likely N-dealkylation sites (tertiary alicyclic amines) is 1. The van der Waals surface area contributed by atoms with Crippen molar-refractivity contribution in [2.24, 2.45) is 5.92 Å². The maximum Gasteiger partial charge on any atom is 0.208 e. The molecule has 0 amide bonds. The summed E-state index contributed by atoms with van der Waals surface area (Å²) in [6.45, 7) is 5.62. The van der Waals surface area contributed by atoms with Gasteiger partial charge in [-0.15, -0.1) is 0 Å². The van der Waals surface area contributed by atoms with Crippen LogP contribution in [-0.4, -0.2) is 56.3 Å². The summed E-state index contributed by atoms with van der Waals surface area (Å²) in [5.41, 5.74) is 2.34. The molecule has 2 aromatic rings. The summed E-state index contributed by atoms with van der Waals surface area (Å²) in [7, 11) is -3.08. The van der Waals surface area contributed by atoms with Crippen LogP contribution < -0.4 is 9.46 Å². The molecule has 1 aliphatic carbocycles. The number of aromatic nitrogens is 1. The van der Waals surface area contributed by atoms with Gasteiger partial charge < -0.3 is 9.64 Å². The van der Waals surface area contributed by atoms with Gasteiger partial charge in [0.25, 0.3) is 0 Å². The van der Waals surface area contributed by atoms with Crippen molar-refractivity contribution in [1.29, 1.82) is 0 Å². The Morgan fingerprint density at radius 2 is 1.83 bits per heavy atom. The molecule has 7 heteroatoms. The van der Waals surface area contributed by atoms with Gasteiger partial charge in [0.05, 0.1) is 6.26 Å². The van der Waals surface area contributed by atoms with Crippen molar-refractivity contribution in [2.75, 3.05) is 25.9 Å². The van der Waals surface area contributed by atoms with Crippen LogP contribution in [0.2, 0.25) is 0 Å². The van der Waals surface area contributed by atoms with Crippen molar-refractivity contribution in [2.45, 2.75) is 96.1 Å². The van der Waals surface area contributed by atoms with Gasteiger partial charge in [-0.05, 0) is 94.0 Å². The highest BCUT2D eigenvalue weighted by Gasteiger charge is 2.24. The van der Waals surface area contributed by atoms with E-state index in [0.29, 0.717) is 0 Å². The Morgan fingerprint density at radius 1 is 1.06 bits per heavy atom. The first kappa shape index (κ1) is 27.3. The van der Waals surface area contributed by atoms with Gasteiger partial charge in [0, 0.05) is 30.7 Å². The number of benzene rings is 1. The predicted octanol–water partition coefficient (Wildman–Crippen LogP) is 5.70. The molecule has 1 saturated heterocycles. The van der Waals surface area contributed by atoms with Gasteiger partial charge in [-0.1, -0.05) is 32.3 Å². The first-order valence-corrected chi connectivity index (χ1v) is 16.0. The zero-order valence-corrected chi connectivity index (χ0v) is 23.1. The van der Waals surface area contributed by atoms with E-state index in [1.807, 2.05) is 12.3 Å². The Balaban J connectivity index is 1.16. The average molecular weight is 516 g/mol. The van der Waals surface area contributed by atoms with Gasteiger partial charge in [0.1, 0.15) is 17.4 Å². The van der Waals surface area contributed by atoms with Crippen molar-refractivity contribution in [3.63, 3.8) is 0 Å². The standard InChI is InChI=1S/C29H45N3O3S/c1-3-4-8-24-21-25-10-7-17-30-29(25)28(22-24)35-27-15-19-32(20-16-27)18-6-5-9-23-11-13-26(14-12-23)31-36(2,33)34/h7,10,17,21-23,26-27,31H,3-6,8-9,11-16,18-20H2,1-2H3. The molecular weight excluding hydrogens is 470 g/mol. The van der Waals surface area contributed by atoms with E-state index >= 15 is 0 Å². The molecule has 200 valence electrons. The second-order valence-corrected chi connectivity index (χ2v) is 12.8. The summed E-state index contributed by atoms with van der Waals surface area (Å²) in [5, 5.41) is 1.18. The molecule has 0 unspecified atom stereocenters. The Labute approximate surface area is 218 Å². The van der Waals surface area contributed by atoms with E-state index in [1.165, 1.54) is 55.9 Å². The number of unbranched alkanes of at least 4 members (excludes halogenated alkanes) is 2. The number of aryl methyl sites for hydroxylation is 1. The lowest BCUT2D eigenvalue weighted by Gasteiger charge is -2.32. The molecule has 6 nitrogen and oxygen atoms in total.